The molecule has 0 aromatic heterocycles. The van der Waals surface area contributed by atoms with E-state index in [9.17, 15) is 5.21 Å². The first-order chi connectivity index (χ1) is 33.3. The van der Waals surface area contributed by atoms with E-state index in [-0.39, 0.29) is 0 Å². The predicted octanol–water partition coefficient (Wildman–Crippen LogP) is 20.8. The SMILES string of the molecule is CC(C)c1cccc(C(C)C)c1-c1cc(-c2cccc(-c3cc(-c4c(C(C)C)cccc4C(C)C)cc(-c4c(C(C)C)cccc4C(C)C)c3)c2CSNO)cc(-c2c(C(C)C)cccc2C(C)C)c1. The number of nitrogens with one attached hydrogen (secondary N) is 1. The maximum atomic E-state index is 10.4. The molecule has 0 aliphatic rings. The van der Waals surface area contributed by atoms with Crippen molar-refractivity contribution in [1.82, 2.24) is 4.89 Å². The molecule has 0 saturated carbocycles. The van der Waals surface area contributed by atoms with E-state index in [0.29, 0.717) is 53.1 Å². The summed E-state index contributed by atoms with van der Waals surface area (Å²) in [6.07, 6.45) is 0. The summed E-state index contributed by atoms with van der Waals surface area (Å²) in [5.41, 5.74) is 27.3. The van der Waals surface area contributed by atoms with Crippen LogP contribution in [-0.4, -0.2) is 5.21 Å². The highest BCUT2D eigenvalue weighted by Crippen LogP contribution is 2.48. The van der Waals surface area contributed by atoms with Crippen LogP contribution < -0.4 is 4.89 Å². The van der Waals surface area contributed by atoms with Gasteiger partial charge in [-0.1, -0.05) is 214 Å². The quantitative estimate of drug-likeness (QED) is 0.0705. The summed E-state index contributed by atoms with van der Waals surface area (Å²) in [5, 5.41) is 10.4. The Morgan fingerprint density at radius 2 is 0.514 bits per heavy atom. The van der Waals surface area contributed by atoms with Gasteiger partial charge in [-0.15, -0.1) is 4.89 Å². The Morgan fingerprint density at radius 1 is 0.314 bits per heavy atom. The van der Waals surface area contributed by atoms with E-state index < -0.39 is 0 Å². The smallest absolute Gasteiger partial charge is 0.0363 e. The minimum Gasteiger partial charge on any atom is -0.306 e. The zero-order valence-electron chi connectivity index (χ0n) is 45.3. The van der Waals surface area contributed by atoms with Crippen molar-refractivity contribution in [2.45, 2.75) is 164 Å². The minimum absolute atomic E-state index is 0.344. The topological polar surface area (TPSA) is 32.3 Å². The highest BCUT2D eigenvalue weighted by atomic mass is 32.2. The fourth-order valence-electron chi connectivity index (χ4n) is 11.1. The molecule has 7 aromatic rings. The number of benzene rings is 7. The van der Waals surface area contributed by atoms with E-state index >= 15 is 0 Å². The molecule has 0 saturated heterocycles. The molecule has 2 N–H and O–H groups in total. The van der Waals surface area contributed by atoms with Crippen LogP contribution in [0.2, 0.25) is 0 Å². The lowest BCUT2D eigenvalue weighted by Gasteiger charge is -2.25. The zero-order chi connectivity index (χ0) is 50.7. The van der Waals surface area contributed by atoms with E-state index in [1.807, 2.05) is 0 Å². The monoisotopic (exact) mass is 948 g/mol. The largest absolute Gasteiger partial charge is 0.306 e. The van der Waals surface area contributed by atoms with Gasteiger partial charge >= 0.3 is 0 Å². The Hall–Kier alpha value is -5.19. The lowest BCUT2D eigenvalue weighted by molar-refractivity contribution is 0.258. The van der Waals surface area contributed by atoms with Crippen LogP contribution in [0.4, 0.5) is 0 Å². The molecule has 0 aliphatic carbocycles. The van der Waals surface area contributed by atoms with Gasteiger partial charge in [-0.05, 0) is 201 Å². The average Bonchev–Trinajstić information content (AvgIpc) is 3.33. The van der Waals surface area contributed by atoms with Crippen LogP contribution in [0.3, 0.4) is 0 Å². The van der Waals surface area contributed by atoms with Crippen molar-refractivity contribution in [3.63, 3.8) is 0 Å². The van der Waals surface area contributed by atoms with Gasteiger partial charge in [0.25, 0.3) is 0 Å². The van der Waals surface area contributed by atoms with Gasteiger partial charge in [0, 0.05) is 5.75 Å². The minimum atomic E-state index is 0.344. The molecule has 0 radical (unpaired) electrons. The van der Waals surface area contributed by atoms with Crippen LogP contribution >= 0.6 is 11.9 Å². The van der Waals surface area contributed by atoms with Crippen LogP contribution in [0.5, 0.6) is 0 Å². The van der Waals surface area contributed by atoms with Gasteiger partial charge in [0.1, 0.15) is 0 Å². The molecule has 0 fully saturated rings. The standard InChI is InChI=1S/C67H81NOS/c1-39(2)53-22-17-23-54(40(3)4)64(53)49-32-47(33-50(36-49)65-55(41(5)6)24-18-25-56(65)42(7)8)61-30-21-31-62(63(61)38-70-68-69)48-34-51(66-57(43(9)10)26-19-27-58(66)44(11)12)37-52(35-48)67-59(45(13)14)28-20-29-60(67)46(15)16/h17-37,39-46,68-69H,38H2,1-16H3. The van der Waals surface area contributed by atoms with Crippen molar-refractivity contribution in [3.8, 4) is 66.8 Å². The Bertz CT molecular complexity index is 2480. The fourth-order valence-corrected chi connectivity index (χ4v) is 11.6. The first-order valence-electron chi connectivity index (χ1n) is 26.3. The molecule has 0 aliphatic heterocycles. The Labute approximate surface area is 427 Å². The van der Waals surface area contributed by atoms with Crippen molar-refractivity contribution in [2.75, 3.05) is 0 Å². The lowest BCUT2D eigenvalue weighted by atomic mass is 9.79. The van der Waals surface area contributed by atoms with Crippen molar-refractivity contribution in [2.24, 2.45) is 0 Å². The van der Waals surface area contributed by atoms with Gasteiger partial charge < -0.3 is 5.21 Å². The molecular formula is C67H81NOS. The maximum absolute atomic E-state index is 10.4. The molecule has 0 atom stereocenters. The summed E-state index contributed by atoms with van der Waals surface area (Å²) in [5.74, 6) is 3.31. The van der Waals surface area contributed by atoms with Gasteiger partial charge in [-0.2, -0.15) is 0 Å². The number of hydrogen-bond acceptors (Lipinski definition) is 3. The first-order valence-corrected chi connectivity index (χ1v) is 27.3. The highest BCUT2D eigenvalue weighted by Gasteiger charge is 2.25. The molecule has 0 unspecified atom stereocenters. The third-order valence-electron chi connectivity index (χ3n) is 14.6. The molecular weight excluding hydrogens is 867 g/mol. The third-order valence-corrected chi connectivity index (χ3v) is 15.2. The molecule has 0 amide bonds. The van der Waals surface area contributed by atoms with E-state index in [4.69, 9.17) is 0 Å². The van der Waals surface area contributed by atoms with E-state index in [1.54, 1.807) is 0 Å². The number of hydrogen-bond donors (Lipinski definition) is 2. The average molecular weight is 948 g/mol. The van der Waals surface area contributed by atoms with E-state index in [0.717, 1.165) is 0 Å². The van der Waals surface area contributed by atoms with Crippen LogP contribution in [0.1, 0.15) is 208 Å². The molecule has 0 bridgehead atoms. The van der Waals surface area contributed by atoms with Crippen LogP contribution in [0, 0.1) is 0 Å². The van der Waals surface area contributed by atoms with Crippen LogP contribution in [-0.2, 0) is 5.75 Å². The molecule has 0 spiro atoms. The van der Waals surface area contributed by atoms with Crippen molar-refractivity contribution >= 4 is 11.9 Å². The van der Waals surface area contributed by atoms with Gasteiger partial charge in [0.05, 0.1) is 0 Å². The summed E-state index contributed by atoms with van der Waals surface area (Å²) in [4.78, 5) is 2.50. The summed E-state index contributed by atoms with van der Waals surface area (Å²) >= 11 is 1.34. The number of rotatable bonds is 17. The molecule has 7 aromatic carbocycles. The van der Waals surface area contributed by atoms with Gasteiger partial charge in [-0.25, -0.2) is 0 Å². The zero-order valence-corrected chi connectivity index (χ0v) is 46.1. The van der Waals surface area contributed by atoms with Gasteiger partial charge in [-0.3, -0.25) is 0 Å². The summed E-state index contributed by atoms with van der Waals surface area (Å²) in [6, 6.07) is 49.4. The lowest BCUT2D eigenvalue weighted by Crippen LogP contribution is -2.04. The Morgan fingerprint density at radius 3 is 0.714 bits per heavy atom. The molecule has 70 heavy (non-hydrogen) atoms. The normalized spacial score (nSPS) is 12.1. The van der Waals surface area contributed by atoms with E-state index in [1.165, 1.54) is 129 Å². The molecule has 3 heteroatoms. The van der Waals surface area contributed by atoms with Gasteiger partial charge in [0.15, 0.2) is 0 Å². The molecule has 2 nitrogen and oxygen atoms in total. The second-order valence-corrected chi connectivity index (χ2v) is 23.1. The van der Waals surface area contributed by atoms with Crippen molar-refractivity contribution < 1.29 is 5.21 Å². The fraction of sp³-hybridized carbons (Fsp3) is 0.373. The van der Waals surface area contributed by atoms with Crippen LogP contribution in [0.15, 0.2) is 127 Å². The molecule has 7 rings (SSSR count). The maximum Gasteiger partial charge on any atom is 0.0363 e. The van der Waals surface area contributed by atoms with Crippen molar-refractivity contribution in [1.29, 1.82) is 0 Å². The Balaban J connectivity index is 1.64. The van der Waals surface area contributed by atoms with Gasteiger partial charge in [0.2, 0.25) is 0 Å². The second kappa shape index (κ2) is 22.5. The first kappa shape index (κ1) is 52.6. The van der Waals surface area contributed by atoms with Crippen LogP contribution in [0.25, 0.3) is 66.8 Å². The second-order valence-electron chi connectivity index (χ2n) is 22.3. The third kappa shape index (κ3) is 10.8. The van der Waals surface area contributed by atoms with E-state index in [2.05, 4.69) is 243 Å². The highest BCUT2D eigenvalue weighted by molar-refractivity contribution is 7.96. The Kier molecular flexibility index (Phi) is 16.9. The summed E-state index contributed by atoms with van der Waals surface area (Å²) < 4.78 is 0. The summed E-state index contributed by atoms with van der Waals surface area (Å²) in [6.45, 7) is 37.3. The van der Waals surface area contributed by atoms with Crippen molar-refractivity contribution in [3.05, 3.63) is 177 Å². The molecule has 0 heterocycles. The molecule has 366 valence electrons. The predicted molar refractivity (Wildman–Crippen MR) is 308 cm³/mol. The summed E-state index contributed by atoms with van der Waals surface area (Å²) in [7, 11) is 0.